The van der Waals surface area contributed by atoms with Gasteiger partial charge in [-0.05, 0) is 45.6 Å². The van der Waals surface area contributed by atoms with Gasteiger partial charge in [-0.15, -0.1) is 0 Å². The van der Waals surface area contributed by atoms with Crippen LogP contribution in [-0.4, -0.2) is 58.8 Å². The van der Waals surface area contributed by atoms with E-state index in [4.69, 9.17) is 21.1 Å². The minimum atomic E-state index is -0.550. The van der Waals surface area contributed by atoms with E-state index < -0.39 is 5.60 Å². The second kappa shape index (κ2) is 9.20. The Hall–Kier alpha value is -2.35. The lowest BCUT2D eigenvalue weighted by molar-refractivity contribution is -0.146. The number of carbonyl (C=O) groups is 2. The first-order valence-electron chi connectivity index (χ1n) is 10.2. The molecule has 1 amide bonds. The minimum absolute atomic E-state index is 0.0905. The molecule has 0 spiro atoms. The van der Waals surface area contributed by atoms with Crippen LogP contribution in [0.3, 0.4) is 0 Å². The summed E-state index contributed by atoms with van der Waals surface area (Å²) < 4.78 is 10.3. The minimum Gasteiger partial charge on any atom is -0.469 e. The van der Waals surface area contributed by atoms with Crippen molar-refractivity contribution in [1.29, 1.82) is 0 Å². The molecule has 1 fully saturated rings. The van der Waals surface area contributed by atoms with Gasteiger partial charge in [-0.25, -0.2) is 14.8 Å². The van der Waals surface area contributed by atoms with Crippen molar-refractivity contribution in [3.63, 3.8) is 0 Å². The van der Waals surface area contributed by atoms with E-state index in [1.807, 2.05) is 26.8 Å². The average Bonchev–Trinajstić information content (AvgIpc) is 3.18. The van der Waals surface area contributed by atoms with Gasteiger partial charge in [0.15, 0.2) is 0 Å². The van der Waals surface area contributed by atoms with Crippen LogP contribution in [0.4, 0.5) is 10.7 Å². The van der Waals surface area contributed by atoms with Gasteiger partial charge in [0, 0.05) is 12.6 Å². The molecule has 164 valence electrons. The van der Waals surface area contributed by atoms with Crippen LogP contribution >= 0.6 is 11.6 Å². The van der Waals surface area contributed by atoms with Crippen molar-refractivity contribution in [2.24, 2.45) is 5.92 Å². The zero-order chi connectivity index (χ0) is 21.9. The maximum atomic E-state index is 12.3. The monoisotopic (exact) mass is 436 g/mol. The number of hydrogen-bond donors (Lipinski definition) is 1. The van der Waals surface area contributed by atoms with Crippen molar-refractivity contribution in [2.45, 2.75) is 58.1 Å². The normalized spacial score (nSPS) is 21.8. The van der Waals surface area contributed by atoms with Crippen molar-refractivity contribution in [2.75, 3.05) is 25.5 Å². The Morgan fingerprint density at radius 3 is 2.77 bits per heavy atom. The smallest absolute Gasteiger partial charge is 0.410 e. The molecule has 2 aliphatic rings. The molecule has 1 aliphatic heterocycles. The Kier molecular flexibility index (Phi) is 6.85. The van der Waals surface area contributed by atoms with Crippen LogP contribution in [0, 0.1) is 5.92 Å². The summed E-state index contributed by atoms with van der Waals surface area (Å²) in [6, 6.07) is 0.0905. The van der Waals surface area contributed by atoms with Crippen molar-refractivity contribution in [3.8, 4) is 0 Å². The summed E-state index contributed by atoms with van der Waals surface area (Å²) in [4.78, 5) is 34.7. The third kappa shape index (κ3) is 5.62. The van der Waals surface area contributed by atoms with Crippen LogP contribution in [0.1, 0.15) is 52.1 Å². The number of halogens is 1. The Balaban J connectivity index is 1.66. The molecule has 30 heavy (non-hydrogen) atoms. The standard InChI is InChI=1S/C21H29ClN4O4/c1-21(2,3)30-20(28)26-9-8-14(12-26)17-16(22)11-23-19(25-17)24-15-7-5-6-13(10-15)18(27)29-4/h8,11,13,15H,5-7,9-10,12H2,1-4H3,(H,23,24,25)/t13-,15+/m1/s1. The molecule has 0 bridgehead atoms. The molecule has 9 heteroatoms. The summed E-state index contributed by atoms with van der Waals surface area (Å²) >= 11 is 6.35. The highest BCUT2D eigenvalue weighted by atomic mass is 35.5. The van der Waals surface area contributed by atoms with Gasteiger partial charge in [0.05, 0.1) is 36.5 Å². The highest BCUT2D eigenvalue weighted by molar-refractivity contribution is 6.32. The molecule has 3 rings (SSSR count). The van der Waals surface area contributed by atoms with Crippen LogP contribution in [0.25, 0.3) is 5.57 Å². The van der Waals surface area contributed by atoms with Crippen LogP contribution in [0.5, 0.6) is 0 Å². The Morgan fingerprint density at radius 1 is 1.30 bits per heavy atom. The van der Waals surface area contributed by atoms with E-state index >= 15 is 0 Å². The molecule has 8 nitrogen and oxygen atoms in total. The van der Waals surface area contributed by atoms with Crippen LogP contribution in [0.2, 0.25) is 5.02 Å². The first kappa shape index (κ1) is 22.3. The average molecular weight is 437 g/mol. The third-order valence-electron chi connectivity index (χ3n) is 5.16. The van der Waals surface area contributed by atoms with Gasteiger partial charge in [0.2, 0.25) is 5.95 Å². The number of anilines is 1. The Morgan fingerprint density at radius 2 is 2.07 bits per heavy atom. The summed E-state index contributed by atoms with van der Waals surface area (Å²) in [5, 5.41) is 3.75. The second-order valence-electron chi connectivity index (χ2n) is 8.71. The maximum absolute atomic E-state index is 12.3. The fourth-order valence-electron chi connectivity index (χ4n) is 3.74. The predicted octanol–water partition coefficient (Wildman–Crippen LogP) is 3.91. The summed E-state index contributed by atoms with van der Waals surface area (Å²) in [6.45, 7) is 6.33. The van der Waals surface area contributed by atoms with Gasteiger partial charge < -0.3 is 19.7 Å². The molecular formula is C21H29ClN4O4. The van der Waals surface area contributed by atoms with E-state index in [1.54, 1.807) is 11.1 Å². The third-order valence-corrected chi connectivity index (χ3v) is 5.44. The van der Waals surface area contributed by atoms with Gasteiger partial charge in [0.25, 0.3) is 0 Å². The molecule has 1 N–H and O–H groups in total. The number of nitrogens with zero attached hydrogens (tertiary/aromatic N) is 3. The largest absolute Gasteiger partial charge is 0.469 e. The Labute approximate surface area is 182 Å². The number of methoxy groups -OCH3 is 1. The quantitative estimate of drug-likeness (QED) is 0.715. The molecule has 1 saturated carbocycles. The van der Waals surface area contributed by atoms with Crippen molar-refractivity contribution < 1.29 is 19.1 Å². The fourth-order valence-corrected chi connectivity index (χ4v) is 3.95. The Bertz CT molecular complexity index is 837. The van der Waals surface area contributed by atoms with Gasteiger partial charge in [-0.3, -0.25) is 4.79 Å². The molecule has 0 unspecified atom stereocenters. The number of rotatable bonds is 4. The highest BCUT2D eigenvalue weighted by Crippen LogP contribution is 2.30. The highest BCUT2D eigenvalue weighted by Gasteiger charge is 2.29. The first-order valence-corrected chi connectivity index (χ1v) is 10.6. The molecule has 1 aromatic rings. The number of nitrogens with one attached hydrogen (secondary N) is 1. The van der Waals surface area contributed by atoms with E-state index in [1.165, 1.54) is 7.11 Å². The number of hydrogen-bond acceptors (Lipinski definition) is 7. The van der Waals surface area contributed by atoms with Gasteiger partial charge in [-0.2, -0.15) is 0 Å². The molecule has 1 aliphatic carbocycles. The number of ether oxygens (including phenoxy) is 2. The zero-order valence-electron chi connectivity index (χ0n) is 17.9. The number of aromatic nitrogens is 2. The molecular weight excluding hydrogens is 408 g/mol. The van der Waals surface area contributed by atoms with Crippen molar-refractivity contribution >= 4 is 35.2 Å². The van der Waals surface area contributed by atoms with Gasteiger partial charge >= 0.3 is 12.1 Å². The molecule has 0 aromatic carbocycles. The SMILES string of the molecule is COC(=O)[C@@H]1CCC[C@H](Nc2ncc(Cl)c(C3=CCN(C(=O)OC(C)(C)C)C3)n2)C1. The van der Waals surface area contributed by atoms with E-state index in [2.05, 4.69) is 15.3 Å². The van der Waals surface area contributed by atoms with Crippen LogP contribution < -0.4 is 5.32 Å². The number of amides is 1. The lowest BCUT2D eigenvalue weighted by Gasteiger charge is -2.28. The van der Waals surface area contributed by atoms with Crippen LogP contribution in [0.15, 0.2) is 12.3 Å². The predicted molar refractivity (Wildman–Crippen MR) is 114 cm³/mol. The summed E-state index contributed by atoms with van der Waals surface area (Å²) in [5.41, 5.74) is 0.902. The van der Waals surface area contributed by atoms with Crippen LogP contribution in [-0.2, 0) is 14.3 Å². The second-order valence-corrected chi connectivity index (χ2v) is 9.12. The lowest BCUT2D eigenvalue weighted by Crippen LogP contribution is -2.35. The summed E-state index contributed by atoms with van der Waals surface area (Å²) in [6.07, 6.45) is 6.51. The molecule has 2 atom stereocenters. The maximum Gasteiger partial charge on any atom is 0.410 e. The van der Waals surface area contributed by atoms with E-state index in [9.17, 15) is 9.59 Å². The van der Waals surface area contributed by atoms with Gasteiger partial charge in [-0.1, -0.05) is 24.1 Å². The summed E-state index contributed by atoms with van der Waals surface area (Å²) in [7, 11) is 1.42. The lowest BCUT2D eigenvalue weighted by atomic mass is 9.86. The van der Waals surface area contributed by atoms with Gasteiger partial charge in [0.1, 0.15) is 5.60 Å². The number of esters is 1. The fraction of sp³-hybridized carbons (Fsp3) is 0.619. The van der Waals surface area contributed by atoms with Crippen molar-refractivity contribution in [1.82, 2.24) is 14.9 Å². The first-order chi connectivity index (χ1) is 14.2. The molecule has 2 heterocycles. The summed E-state index contributed by atoms with van der Waals surface area (Å²) in [5.74, 6) is 0.187. The van der Waals surface area contributed by atoms with E-state index in [0.717, 1.165) is 24.8 Å². The zero-order valence-corrected chi connectivity index (χ0v) is 18.7. The van der Waals surface area contributed by atoms with Crippen molar-refractivity contribution in [3.05, 3.63) is 23.0 Å². The topological polar surface area (TPSA) is 93.7 Å². The number of carbonyl (C=O) groups excluding carboxylic acids is 2. The van der Waals surface area contributed by atoms with E-state index in [0.29, 0.717) is 36.2 Å². The molecule has 0 radical (unpaired) electrons. The molecule has 1 aromatic heterocycles. The van der Waals surface area contributed by atoms with E-state index in [-0.39, 0.29) is 24.0 Å². The molecule has 0 saturated heterocycles.